The third-order valence-electron chi connectivity index (χ3n) is 4.37. The van der Waals surface area contributed by atoms with E-state index in [0.717, 1.165) is 23.9 Å². The van der Waals surface area contributed by atoms with Gasteiger partial charge in [0.25, 0.3) is 5.91 Å². The number of hydrogen-bond donors (Lipinski definition) is 1. The lowest BCUT2D eigenvalue weighted by Gasteiger charge is -2.33. The maximum absolute atomic E-state index is 12.6. The van der Waals surface area contributed by atoms with Crippen molar-refractivity contribution in [2.24, 2.45) is 0 Å². The molecule has 2 aromatic rings. The molecule has 3 rings (SSSR count). The molecule has 0 saturated carbocycles. The number of likely N-dealkylation sites (tertiary alicyclic amines) is 1. The fourth-order valence-electron chi connectivity index (χ4n) is 3.13. The van der Waals surface area contributed by atoms with Crippen LogP contribution in [-0.4, -0.2) is 41.7 Å². The van der Waals surface area contributed by atoms with Crippen LogP contribution >= 0.6 is 11.8 Å². The van der Waals surface area contributed by atoms with Crippen LogP contribution < -0.4 is 5.32 Å². The van der Waals surface area contributed by atoms with Crippen LogP contribution in [-0.2, 0) is 0 Å². The summed E-state index contributed by atoms with van der Waals surface area (Å²) in [5.41, 5.74) is 0.627. The largest absolute Gasteiger partial charge is 0.468 e. The van der Waals surface area contributed by atoms with Gasteiger partial charge in [0.15, 0.2) is 0 Å². The number of carbonyl (C=O) groups is 1. The van der Waals surface area contributed by atoms with Gasteiger partial charge >= 0.3 is 0 Å². The quantitative estimate of drug-likeness (QED) is 0.814. The predicted molar refractivity (Wildman–Crippen MR) is 95.2 cm³/mol. The lowest BCUT2D eigenvalue weighted by atomic mass is 10.1. The van der Waals surface area contributed by atoms with Gasteiger partial charge < -0.3 is 9.73 Å². The Morgan fingerprint density at radius 3 is 2.88 bits per heavy atom. The van der Waals surface area contributed by atoms with Gasteiger partial charge in [0, 0.05) is 12.7 Å². The molecule has 5 nitrogen and oxygen atoms in total. The average Bonchev–Trinajstić information content (AvgIpc) is 3.17. The highest BCUT2D eigenvalue weighted by Gasteiger charge is 2.25. The van der Waals surface area contributed by atoms with Gasteiger partial charge in [-0.05, 0) is 56.5 Å². The second-order valence-electron chi connectivity index (χ2n) is 5.90. The molecule has 1 aliphatic rings. The van der Waals surface area contributed by atoms with Crippen molar-refractivity contribution in [2.75, 3.05) is 25.9 Å². The highest BCUT2D eigenvalue weighted by molar-refractivity contribution is 7.98. The molecule has 0 bridgehead atoms. The van der Waals surface area contributed by atoms with E-state index in [-0.39, 0.29) is 11.9 Å². The summed E-state index contributed by atoms with van der Waals surface area (Å²) >= 11 is 1.48. The average molecular weight is 345 g/mol. The van der Waals surface area contributed by atoms with Crippen molar-refractivity contribution >= 4 is 17.7 Å². The minimum Gasteiger partial charge on any atom is -0.468 e. The number of aromatic nitrogens is 1. The summed E-state index contributed by atoms with van der Waals surface area (Å²) in [6.07, 6.45) is 9.01. The summed E-state index contributed by atoms with van der Waals surface area (Å²) in [5.74, 6) is 0.828. The Hall–Kier alpha value is -1.79. The summed E-state index contributed by atoms with van der Waals surface area (Å²) < 4.78 is 5.62. The Morgan fingerprint density at radius 2 is 2.17 bits per heavy atom. The standard InChI is InChI=1S/C18H23N3O2S/c1-24-18-14(7-5-9-19-18)17(22)20-13-15(16-8-6-12-23-16)21-10-3-2-4-11-21/h5-9,12,15H,2-4,10-11,13H2,1H3,(H,20,22)/t15-/m0/s1. The van der Waals surface area contributed by atoms with Crippen LogP contribution in [0.5, 0.6) is 0 Å². The van der Waals surface area contributed by atoms with Gasteiger partial charge in [0.05, 0.1) is 17.9 Å². The fourth-order valence-corrected chi connectivity index (χ4v) is 3.68. The van der Waals surface area contributed by atoms with Crippen LogP contribution in [0.25, 0.3) is 0 Å². The summed E-state index contributed by atoms with van der Waals surface area (Å²) in [4.78, 5) is 19.2. The molecule has 2 aromatic heterocycles. The molecule has 0 radical (unpaired) electrons. The van der Waals surface area contributed by atoms with E-state index in [4.69, 9.17) is 4.42 Å². The van der Waals surface area contributed by atoms with Gasteiger partial charge in [-0.15, -0.1) is 11.8 Å². The number of amides is 1. The summed E-state index contributed by atoms with van der Waals surface area (Å²) in [7, 11) is 0. The molecule has 6 heteroatoms. The molecular weight excluding hydrogens is 322 g/mol. The van der Waals surface area contributed by atoms with Gasteiger partial charge in [-0.1, -0.05) is 6.42 Å². The molecule has 0 aromatic carbocycles. The Morgan fingerprint density at radius 1 is 1.33 bits per heavy atom. The van der Waals surface area contributed by atoms with Gasteiger partial charge in [-0.3, -0.25) is 9.69 Å². The minimum atomic E-state index is -0.0824. The number of hydrogen-bond acceptors (Lipinski definition) is 5. The Balaban J connectivity index is 1.70. The number of furan rings is 1. The van der Waals surface area contributed by atoms with Gasteiger partial charge in [0.2, 0.25) is 0 Å². The molecule has 1 amide bonds. The number of piperidine rings is 1. The molecule has 0 spiro atoms. The van der Waals surface area contributed by atoms with Crippen molar-refractivity contribution in [1.29, 1.82) is 0 Å². The van der Waals surface area contributed by atoms with E-state index in [1.165, 1.54) is 31.0 Å². The highest BCUT2D eigenvalue weighted by Crippen LogP contribution is 2.25. The topological polar surface area (TPSA) is 58.4 Å². The molecule has 1 aliphatic heterocycles. The van der Waals surface area contributed by atoms with Gasteiger partial charge in [-0.2, -0.15) is 0 Å². The zero-order valence-electron chi connectivity index (χ0n) is 13.9. The molecule has 1 saturated heterocycles. The lowest BCUT2D eigenvalue weighted by Crippen LogP contribution is -2.40. The van der Waals surface area contributed by atoms with Gasteiger partial charge in [0.1, 0.15) is 10.8 Å². The van der Waals surface area contributed by atoms with Crippen LogP contribution in [0.4, 0.5) is 0 Å². The van der Waals surface area contributed by atoms with Crippen molar-refractivity contribution in [1.82, 2.24) is 15.2 Å². The summed E-state index contributed by atoms with van der Waals surface area (Å²) in [5, 5.41) is 3.82. The van der Waals surface area contributed by atoms with Crippen molar-refractivity contribution in [3.8, 4) is 0 Å². The first-order valence-corrected chi connectivity index (χ1v) is 9.56. The molecule has 1 atom stereocenters. The molecule has 0 unspecified atom stereocenters. The van der Waals surface area contributed by atoms with E-state index in [9.17, 15) is 4.79 Å². The van der Waals surface area contributed by atoms with E-state index in [2.05, 4.69) is 15.2 Å². The molecular formula is C18H23N3O2S. The summed E-state index contributed by atoms with van der Waals surface area (Å²) in [6, 6.07) is 7.59. The third kappa shape index (κ3) is 3.99. The van der Waals surface area contributed by atoms with Crippen molar-refractivity contribution < 1.29 is 9.21 Å². The van der Waals surface area contributed by atoms with Crippen LogP contribution in [0.1, 0.15) is 41.4 Å². The minimum absolute atomic E-state index is 0.0821. The van der Waals surface area contributed by atoms with Crippen LogP contribution in [0.15, 0.2) is 46.2 Å². The first-order valence-electron chi connectivity index (χ1n) is 8.34. The first kappa shape index (κ1) is 17.0. The summed E-state index contributed by atoms with van der Waals surface area (Å²) in [6.45, 7) is 2.63. The molecule has 0 aliphatic carbocycles. The SMILES string of the molecule is CSc1ncccc1C(=O)NC[C@@H](c1ccco1)N1CCCCC1. The first-order chi connectivity index (χ1) is 11.8. The van der Waals surface area contributed by atoms with E-state index >= 15 is 0 Å². The molecule has 128 valence electrons. The third-order valence-corrected chi connectivity index (χ3v) is 5.08. The number of pyridine rings is 1. The number of thioether (sulfide) groups is 1. The molecule has 1 fully saturated rings. The van der Waals surface area contributed by atoms with Crippen LogP contribution in [0.2, 0.25) is 0 Å². The molecule has 24 heavy (non-hydrogen) atoms. The molecule has 1 N–H and O–H groups in total. The predicted octanol–water partition coefficient (Wildman–Crippen LogP) is 3.35. The maximum Gasteiger partial charge on any atom is 0.254 e. The zero-order chi connectivity index (χ0) is 16.8. The van der Waals surface area contributed by atoms with E-state index in [0.29, 0.717) is 12.1 Å². The smallest absolute Gasteiger partial charge is 0.254 e. The zero-order valence-corrected chi connectivity index (χ0v) is 14.7. The van der Waals surface area contributed by atoms with Crippen molar-refractivity contribution in [3.05, 3.63) is 48.0 Å². The van der Waals surface area contributed by atoms with Crippen molar-refractivity contribution in [2.45, 2.75) is 30.3 Å². The number of rotatable bonds is 6. The number of nitrogens with zero attached hydrogens (tertiary/aromatic N) is 2. The maximum atomic E-state index is 12.6. The second-order valence-corrected chi connectivity index (χ2v) is 6.69. The van der Waals surface area contributed by atoms with E-state index in [1.807, 2.05) is 24.5 Å². The van der Waals surface area contributed by atoms with Gasteiger partial charge in [-0.25, -0.2) is 4.98 Å². The highest BCUT2D eigenvalue weighted by atomic mass is 32.2. The van der Waals surface area contributed by atoms with Crippen molar-refractivity contribution in [3.63, 3.8) is 0 Å². The number of nitrogens with one attached hydrogen (secondary N) is 1. The Labute approximate surface area is 146 Å². The second kappa shape index (κ2) is 8.35. The monoisotopic (exact) mass is 345 g/mol. The van der Waals surface area contributed by atoms with Crippen LogP contribution in [0.3, 0.4) is 0 Å². The lowest BCUT2D eigenvalue weighted by molar-refractivity contribution is 0.0910. The fraction of sp³-hybridized carbons (Fsp3) is 0.444. The number of carbonyl (C=O) groups excluding carboxylic acids is 1. The molecule has 3 heterocycles. The Bertz CT molecular complexity index is 654. The van der Waals surface area contributed by atoms with E-state index in [1.54, 1.807) is 18.5 Å². The van der Waals surface area contributed by atoms with E-state index < -0.39 is 0 Å². The van der Waals surface area contributed by atoms with Crippen LogP contribution in [0, 0.1) is 0 Å². The normalized spacial score (nSPS) is 16.7. The Kier molecular flexibility index (Phi) is 5.93.